The molecule has 0 bridgehead atoms. The number of nitrogens with one attached hydrogen (secondary N) is 1. The fourth-order valence-corrected chi connectivity index (χ4v) is 3.43. The van der Waals surface area contributed by atoms with Gasteiger partial charge in [-0.2, -0.15) is 9.78 Å². The maximum Gasteiger partial charge on any atom is 0.293 e. The minimum Gasteiger partial charge on any atom is -0.378 e. The Morgan fingerprint density at radius 3 is 2.80 bits per heavy atom. The molecule has 3 heterocycles. The van der Waals surface area contributed by atoms with Gasteiger partial charge in [0.25, 0.3) is 5.91 Å². The first-order chi connectivity index (χ1) is 14.6. The second kappa shape index (κ2) is 9.01. The van der Waals surface area contributed by atoms with Crippen molar-refractivity contribution in [3.8, 4) is 5.82 Å². The molecule has 0 unspecified atom stereocenters. The molecule has 0 radical (unpaired) electrons. The van der Waals surface area contributed by atoms with Crippen LogP contribution in [0.25, 0.3) is 5.82 Å². The molecule has 0 saturated carbocycles. The summed E-state index contributed by atoms with van der Waals surface area (Å²) in [5, 5.41) is 20.0. The van der Waals surface area contributed by atoms with Crippen LogP contribution in [0.5, 0.6) is 0 Å². The Morgan fingerprint density at radius 1 is 1.27 bits per heavy atom. The number of piperidine rings is 1. The third kappa shape index (κ3) is 4.31. The summed E-state index contributed by atoms with van der Waals surface area (Å²) in [7, 11) is 0. The van der Waals surface area contributed by atoms with Gasteiger partial charge in [0.05, 0.1) is 11.9 Å². The van der Waals surface area contributed by atoms with Crippen molar-refractivity contribution >= 4 is 29.5 Å². The van der Waals surface area contributed by atoms with Crippen LogP contribution in [0.2, 0.25) is 5.02 Å². The quantitative estimate of drug-likeness (QED) is 0.445. The predicted octanol–water partition coefficient (Wildman–Crippen LogP) is 1.64. The lowest BCUT2D eigenvalue weighted by Gasteiger charge is -2.26. The molecule has 12 heteroatoms. The van der Waals surface area contributed by atoms with E-state index < -0.39 is 5.91 Å². The zero-order valence-corrected chi connectivity index (χ0v) is 16.8. The maximum atomic E-state index is 12.8. The number of benzene rings is 1. The second-order valence-electron chi connectivity index (χ2n) is 6.83. The van der Waals surface area contributed by atoms with Crippen molar-refractivity contribution < 1.29 is 9.42 Å². The largest absolute Gasteiger partial charge is 0.378 e. The van der Waals surface area contributed by atoms with Gasteiger partial charge in [0.1, 0.15) is 0 Å². The molecule has 1 amide bonds. The molecule has 3 aromatic rings. The second-order valence-corrected chi connectivity index (χ2v) is 7.23. The molecule has 3 N–H and O–H groups in total. The van der Waals surface area contributed by atoms with Crippen LogP contribution in [0, 0.1) is 0 Å². The van der Waals surface area contributed by atoms with Gasteiger partial charge in [-0.05, 0) is 42.3 Å². The van der Waals surface area contributed by atoms with Crippen molar-refractivity contribution in [1.82, 2.24) is 35.6 Å². The standard InChI is InChI=1S/C18H20ClN9O2/c19-13-7-3-2-6-12(13)10-21-23-18(29)15-14(11-27-8-4-1-5-9-27)28(26-22-15)17-16(20)24-30-25-17/h2-3,6-7,10H,1,4-5,8-9,11H2,(H2,20,24)(H,23,29)/b21-10+. The van der Waals surface area contributed by atoms with E-state index in [0.29, 0.717) is 22.8 Å². The van der Waals surface area contributed by atoms with Crippen LogP contribution in [0.1, 0.15) is 41.0 Å². The van der Waals surface area contributed by atoms with Crippen LogP contribution < -0.4 is 11.2 Å². The van der Waals surface area contributed by atoms with E-state index in [1.165, 1.54) is 17.3 Å². The van der Waals surface area contributed by atoms with Crippen molar-refractivity contribution in [2.24, 2.45) is 5.10 Å². The summed E-state index contributed by atoms with van der Waals surface area (Å²) in [5.41, 5.74) is 9.62. The highest BCUT2D eigenvalue weighted by atomic mass is 35.5. The molecule has 2 aromatic heterocycles. The summed E-state index contributed by atoms with van der Waals surface area (Å²) >= 11 is 6.10. The van der Waals surface area contributed by atoms with Gasteiger partial charge in [-0.25, -0.2) is 10.1 Å². The van der Waals surface area contributed by atoms with E-state index in [2.05, 4.69) is 40.7 Å². The van der Waals surface area contributed by atoms with Gasteiger partial charge < -0.3 is 5.73 Å². The van der Waals surface area contributed by atoms with Crippen molar-refractivity contribution in [2.75, 3.05) is 18.8 Å². The fraction of sp³-hybridized carbons (Fsp3) is 0.333. The first kappa shape index (κ1) is 20.0. The SMILES string of the molecule is Nc1nonc1-n1nnc(C(=O)N/N=C/c2ccccc2Cl)c1CN1CCCCC1. The van der Waals surface area contributed by atoms with Crippen LogP contribution >= 0.6 is 11.6 Å². The lowest BCUT2D eigenvalue weighted by Crippen LogP contribution is -2.31. The monoisotopic (exact) mass is 429 g/mol. The molecule has 11 nitrogen and oxygen atoms in total. The van der Waals surface area contributed by atoms with Crippen LogP contribution in [0.3, 0.4) is 0 Å². The number of nitrogens with zero attached hydrogens (tertiary/aromatic N) is 7. The first-order valence-corrected chi connectivity index (χ1v) is 9.84. The zero-order chi connectivity index (χ0) is 20.9. The highest BCUT2D eigenvalue weighted by Gasteiger charge is 2.26. The molecule has 1 aliphatic heterocycles. The van der Waals surface area contributed by atoms with Crippen LogP contribution in [-0.2, 0) is 6.54 Å². The van der Waals surface area contributed by atoms with Crippen molar-refractivity contribution in [1.29, 1.82) is 0 Å². The van der Waals surface area contributed by atoms with E-state index >= 15 is 0 Å². The summed E-state index contributed by atoms with van der Waals surface area (Å²) < 4.78 is 6.06. The number of carbonyl (C=O) groups is 1. The van der Waals surface area contributed by atoms with Crippen LogP contribution in [0.15, 0.2) is 34.0 Å². The minimum absolute atomic E-state index is 0.0588. The zero-order valence-electron chi connectivity index (χ0n) is 16.0. The molecule has 1 fully saturated rings. The number of likely N-dealkylation sites (tertiary alicyclic amines) is 1. The molecule has 156 valence electrons. The molecular weight excluding hydrogens is 410 g/mol. The number of nitrogens with two attached hydrogens (primary N) is 1. The lowest BCUT2D eigenvalue weighted by molar-refractivity contribution is 0.0947. The van der Waals surface area contributed by atoms with E-state index in [0.717, 1.165) is 25.9 Å². The smallest absolute Gasteiger partial charge is 0.293 e. The minimum atomic E-state index is -0.508. The Labute approximate surface area is 176 Å². The summed E-state index contributed by atoms with van der Waals surface area (Å²) in [6, 6.07) is 7.17. The molecule has 0 aliphatic carbocycles. The Bertz CT molecular complexity index is 1060. The van der Waals surface area contributed by atoms with Gasteiger partial charge in [0.2, 0.25) is 11.6 Å². The fourth-order valence-electron chi connectivity index (χ4n) is 3.25. The third-order valence-electron chi connectivity index (χ3n) is 4.77. The number of hydrogen-bond acceptors (Lipinski definition) is 9. The number of anilines is 1. The number of hydrazone groups is 1. The Morgan fingerprint density at radius 2 is 2.07 bits per heavy atom. The third-order valence-corrected chi connectivity index (χ3v) is 5.12. The molecule has 1 saturated heterocycles. The summed E-state index contributed by atoms with van der Waals surface area (Å²) in [4.78, 5) is 15.0. The Kier molecular flexibility index (Phi) is 6.00. The molecule has 1 aromatic carbocycles. The summed E-state index contributed by atoms with van der Waals surface area (Å²) in [5.74, 6) is -0.261. The number of halogens is 1. The number of carbonyl (C=O) groups excluding carboxylic acids is 1. The normalized spacial score (nSPS) is 15.0. The van der Waals surface area contributed by atoms with E-state index in [-0.39, 0.29) is 17.3 Å². The predicted molar refractivity (Wildman–Crippen MR) is 109 cm³/mol. The van der Waals surface area contributed by atoms with E-state index in [4.69, 9.17) is 17.3 Å². The molecule has 0 spiro atoms. The molecule has 4 rings (SSSR count). The lowest BCUT2D eigenvalue weighted by atomic mass is 10.1. The van der Waals surface area contributed by atoms with Gasteiger partial charge in [-0.15, -0.1) is 5.10 Å². The molecule has 1 aliphatic rings. The van der Waals surface area contributed by atoms with Gasteiger partial charge in [0, 0.05) is 17.1 Å². The van der Waals surface area contributed by atoms with Crippen LogP contribution in [-0.4, -0.2) is 55.4 Å². The van der Waals surface area contributed by atoms with Gasteiger partial charge >= 0.3 is 0 Å². The van der Waals surface area contributed by atoms with Crippen LogP contribution in [0.4, 0.5) is 5.82 Å². The van der Waals surface area contributed by atoms with Gasteiger partial charge in [0.15, 0.2) is 5.69 Å². The van der Waals surface area contributed by atoms with Crippen molar-refractivity contribution in [3.05, 3.63) is 46.2 Å². The number of nitrogen functional groups attached to an aromatic ring is 1. The van der Waals surface area contributed by atoms with E-state index in [1.807, 2.05) is 12.1 Å². The van der Waals surface area contributed by atoms with Crippen molar-refractivity contribution in [2.45, 2.75) is 25.8 Å². The topological polar surface area (TPSA) is 140 Å². The van der Waals surface area contributed by atoms with E-state index in [9.17, 15) is 4.79 Å². The van der Waals surface area contributed by atoms with E-state index in [1.54, 1.807) is 12.1 Å². The maximum absolute atomic E-state index is 12.8. The Balaban J connectivity index is 1.58. The average Bonchev–Trinajstić information content (AvgIpc) is 3.36. The average molecular weight is 430 g/mol. The number of amides is 1. The highest BCUT2D eigenvalue weighted by Crippen LogP contribution is 2.19. The summed E-state index contributed by atoms with van der Waals surface area (Å²) in [6.45, 7) is 2.29. The Hall–Kier alpha value is -3.31. The number of aromatic nitrogens is 5. The number of hydrogen-bond donors (Lipinski definition) is 2. The van der Waals surface area contributed by atoms with Gasteiger partial charge in [-0.1, -0.05) is 41.4 Å². The highest BCUT2D eigenvalue weighted by molar-refractivity contribution is 6.33. The van der Waals surface area contributed by atoms with Crippen molar-refractivity contribution in [3.63, 3.8) is 0 Å². The van der Waals surface area contributed by atoms with Gasteiger partial charge in [-0.3, -0.25) is 9.69 Å². The first-order valence-electron chi connectivity index (χ1n) is 9.47. The molecule has 0 atom stereocenters. The number of rotatable bonds is 6. The summed E-state index contributed by atoms with van der Waals surface area (Å²) in [6.07, 6.45) is 4.85. The molecule has 30 heavy (non-hydrogen) atoms. The molecular formula is C18H20ClN9O2.